The minimum Gasteiger partial charge on any atom is -0.337 e. The lowest BCUT2D eigenvalue weighted by Crippen LogP contribution is -2.46. The summed E-state index contributed by atoms with van der Waals surface area (Å²) in [6, 6.07) is 8.27. The largest absolute Gasteiger partial charge is 0.337 e. The van der Waals surface area contributed by atoms with Gasteiger partial charge in [-0.1, -0.05) is 18.2 Å². The number of hydrogen-bond donors (Lipinski definition) is 1. The molecule has 8 heteroatoms. The van der Waals surface area contributed by atoms with Gasteiger partial charge in [0.05, 0.1) is 6.26 Å². The van der Waals surface area contributed by atoms with Crippen molar-refractivity contribution in [1.29, 1.82) is 0 Å². The van der Waals surface area contributed by atoms with Crippen LogP contribution < -0.4 is 5.32 Å². The van der Waals surface area contributed by atoms with Crippen LogP contribution in [-0.2, 0) is 10.0 Å². The summed E-state index contributed by atoms with van der Waals surface area (Å²) in [5, 5.41) is 3.33. The molecule has 0 unspecified atom stereocenters. The second-order valence-corrected chi connectivity index (χ2v) is 9.82. The second-order valence-electron chi connectivity index (χ2n) is 6.39. The Hall–Kier alpha value is -1.25. The van der Waals surface area contributed by atoms with Crippen molar-refractivity contribution in [2.24, 2.45) is 0 Å². The van der Waals surface area contributed by atoms with Crippen molar-refractivity contribution in [2.75, 3.05) is 39.5 Å². The molecule has 6 nitrogen and oxygen atoms in total. The first kappa shape index (κ1) is 20.1. The molecule has 0 saturated carbocycles. The summed E-state index contributed by atoms with van der Waals surface area (Å²) >= 11 is 1.90. The molecule has 1 aliphatic heterocycles. The van der Waals surface area contributed by atoms with Gasteiger partial charge in [-0.3, -0.25) is 0 Å². The van der Waals surface area contributed by atoms with Gasteiger partial charge in [0.1, 0.15) is 0 Å². The molecule has 0 atom stereocenters. The highest BCUT2D eigenvalue weighted by Gasteiger charge is 2.23. The molecule has 0 aliphatic carbocycles. The SMILES string of the molecule is Cc1ccccc1SC1CCN(C(=O)NCCN(C)S(C)(=O)=O)CC1. The number of sulfonamides is 1. The summed E-state index contributed by atoms with van der Waals surface area (Å²) in [6.07, 6.45) is 3.09. The van der Waals surface area contributed by atoms with Crippen molar-refractivity contribution in [2.45, 2.75) is 29.9 Å². The summed E-state index contributed by atoms with van der Waals surface area (Å²) in [7, 11) is -1.69. The number of nitrogens with zero attached hydrogens (tertiary/aromatic N) is 2. The van der Waals surface area contributed by atoms with Crippen molar-refractivity contribution in [3.63, 3.8) is 0 Å². The number of rotatable bonds is 6. The maximum absolute atomic E-state index is 12.2. The number of aryl methyl sites for hydroxylation is 1. The molecule has 140 valence electrons. The lowest BCUT2D eigenvalue weighted by atomic mass is 10.1. The number of urea groups is 1. The molecular formula is C17H27N3O3S2. The van der Waals surface area contributed by atoms with E-state index >= 15 is 0 Å². The maximum Gasteiger partial charge on any atom is 0.317 e. The van der Waals surface area contributed by atoms with Crippen molar-refractivity contribution in [1.82, 2.24) is 14.5 Å². The number of benzene rings is 1. The van der Waals surface area contributed by atoms with Crippen LogP contribution in [0.3, 0.4) is 0 Å². The van der Waals surface area contributed by atoms with E-state index in [-0.39, 0.29) is 12.6 Å². The van der Waals surface area contributed by atoms with Crippen LogP contribution in [0.1, 0.15) is 18.4 Å². The predicted octanol–water partition coefficient (Wildman–Crippen LogP) is 2.15. The molecule has 1 aromatic rings. The molecule has 2 amide bonds. The first-order valence-corrected chi connectivity index (χ1v) is 11.2. The van der Waals surface area contributed by atoms with Crippen molar-refractivity contribution in [3.8, 4) is 0 Å². The number of piperidine rings is 1. The first-order chi connectivity index (χ1) is 11.8. The molecule has 25 heavy (non-hydrogen) atoms. The monoisotopic (exact) mass is 385 g/mol. The highest BCUT2D eigenvalue weighted by molar-refractivity contribution is 8.00. The number of amides is 2. The van der Waals surface area contributed by atoms with E-state index in [1.807, 2.05) is 22.7 Å². The highest BCUT2D eigenvalue weighted by atomic mass is 32.2. The number of carbonyl (C=O) groups excluding carboxylic acids is 1. The predicted molar refractivity (Wildman–Crippen MR) is 103 cm³/mol. The highest BCUT2D eigenvalue weighted by Crippen LogP contribution is 2.32. The number of thioether (sulfide) groups is 1. The number of carbonyl (C=O) groups is 1. The van der Waals surface area contributed by atoms with Crippen LogP contribution in [0.25, 0.3) is 0 Å². The summed E-state index contributed by atoms with van der Waals surface area (Å²) in [5.74, 6) is 0. The van der Waals surface area contributed by atoms with Crippen molar-refractivity contribution < 1.29 is 13.2 Å². The Balaban J connectivity index is 1.72. The van der Waals surface area contributed by atoms with Gasteiger partial charge in [-0.25, -0.2) is 17.5 Å². The topological polar surface area (TPSA) is 69.7 Å². The van der Waals surface area contributed by atoms with Gasteiger partial charge in [0.15, 0.2) is 0 Å². The van der Waals surface area contributed by atoms with E-state index < -0.39 is 10.0 Å². The van der Waals surface area contributed by atoms with E-state index in [1.165, 1.54) is 21.8 Å². The van der Waals surface area contributed by atoms with E-state index in [9.17, 15) is 13.2 Å². The Bertz CT molecular complexity index is 686. The zero-order chi connectivity index (χ0) is 18.4. The lowest BCUT2D eigenvalue weighted by molar-refractivity contribution is 0.187. The third kappa shape index (κ3) is 6.20. The molecule has 1 heterocycles. The maximum atomic E-state index is 12.2. The van der Waals surface area contributed by atoms with E-state index in [4.69, 9.17) is 0 Å². The van der Waals surface area contributed by atoms with Crippen LogP contribution in [0, 0.1) is 6.92 Å². The molecule has 1 N–H and O–H groups in total. The van der Waals surface area contributed by atoms with Crippen LogP contribution in [0.15, 0.2) is 29.2 Å². The Morgan fingerprint density at radius 2 is 1.96 bits per heavy atom. The molecule has 1 fully saturated rings. The van der Waals surface area contributed by atoms with Gasteiger partial charge in [0.2, 0.25) is 10.0 Å². The van der Waals surface area contributed by atoms with Gasteiger partial charge in [-0.15, -0.1) is 11.8 Å². The van der Waals surface area contributed by atoms with E-state index in [1.54, 1.807) is 0 Å². The van der Waals surface area contributed by atoms with Gasteiger partial charge in [0.25, 0.3) is 0 Å². The first-order valence-electron chi connectivity index (χ1n) is 8.44. The van der Waals surface area contributed by atoms with Crippen LogP contribution in [0.2, 0.25) is 0 Å². The average Bonchev–Trinajstić information content (AvgIpc) is 2.56. The summed E-state index contributed by atoms with van der Waals surface area (Å²) in [4.78, 5) is 15.3. The quantitative estimate of drug-likeness (QED) is 0.815. The van der Waals surface area contributed by atoms with E-state index in [0.29, 0.717) is 11.8 Å². The molecule has 0 radical (unpaired) electrons. The summed E-state index contributed by atoms with van der Waals surface area (Å²) in [6.45, 7) is 4.19. The molecule has 1 saturated heterocycles. The normalized spacial score (nSPS) is 16.2. The van der Waals surface area contributed by atoms with E-state index in [2.05, 4.69) is 30.4 Å². The lowest BCUT2D eigenvalue weighted by Gasteiger charge is -2.32. The van der Waals surface area contributed by atoms with Gasteiger partial charge in [-0.05, 0) is 31.4 Å². The van der Waals surface area contributed by atoms with Crippen molar-refractivity contribution >= 4 is 27.8 Å². The molecule has 1 aliphatic rings. The third-order valence-corrected chi connectivity index (χ3v) is 7.22. The molecule has 2 rings (SSSR count). The van der Waals surface area contributed by atoms with Crippen LogP contribution in [0.5, 0.6) is 0 Å². The van der Waals surface area contributed by atoms with Gasteiger partial charge < -0.3 is 10.2 Å². The molecule has 0 aromatic heterocycles. The fourth-order valence-corrected chi connectivity index (χ4v) is 4.28. The number of nitrogens with one attached hydrogen (secondary N) is 1. The smallest absolute Gasteiger partial charge is 0.317 e. The van der Waals surface area contributed by atoms with Crippen molar-refractivity contribution in [3.05, 3.63) is 29.8 Å². The molecule has 0 bridgehead atoms. The Morgan fingerprint density at radius 3 is 2.56 bits per heavy atom. The van der Waals surface area contributed by atoms with Crippen LogP contribution >= 0.6 is 11.8 Å². The third-order valence-electron chi connectivity index (χ3n) is 4.39. The number of likely N-dealkylation sites (N-methyl/N-ethyl adjacent to an activating group) is 1. The van der Waals surface area contributed by atoms with Gasteiger partial charge >= 0.3 is 6.03 Å². The minimum absolute atomic E-state index is 0.110. The minimum atomic E-state index is -3.20. The van der Waals surface area contributed by atoms with Gasteiger partial charge in [-0.2, -0.15) is 0 Å². The number of likely N-dealkylation sites (tertiary alicyclic amines) is 1. The molecule has 1 aromatic carbocycles. The second kappa shape index (κ2) is 8.91. The molecular weight excluding hydrogens is 358 g/mol. The Morgan fingerprint density at radius 1 is 1.32 bits per heavy atom. The fourth-order valence-electron chi connectivity index (χ4n) is 2.64. The Kier molecular flexibility index (Phi) is 7.15. The summed E-state index contributed by atoms with van der Waals surface area (Å²) < 4.78 is 23.9. The molecule has 0 spiro atoms. The average molecular weight is 386 g/mol. The Labute approximate surface area is 155 Å². The zero-order valence-corrected chi connectivity index (χ0v) is 16.7. The fraction of sp³-hybridized carbons (Fsp3) is 0.588. The van der Waals surface area contributed by atoms with Crippen LogP contribution in [-0.4, -0.2) is 68.4 Å². The number of hydrogen-bond acceptors (Lipinski definition) is 4. The van der Waals surface area contributed by atoms with Gasteiger partial charge in [0, 0.05) is 43.4 Å². The van der Waals surface area contributed by atoms with E-state index in [0.717, 1.165) is 32.2 Å². The standard InChI is InChI=1S/C17H27N3O3S2/c1-14-6-4-5-7-16(14)24-15-8-11-20(12-9-15)17(21)18-10-13-19(2)25(3,22)23/h4-7,15H,8-13H2,1-3H3,(H,18,21). The zero-order valence-electron chi connectivity index (χ0n) is 15.1. The van der Waals surface area contributed by atoms with Crippen LogP contribution in [0.4, 0.5) is 4.79 Å². The summed E-state index contributed by atoms with van der Waals surface area (Å²) in [5.41, 5.74) is 1.29.